The van der Waals surface area contributed by atoms with Gasteiger partial charge in [-0.1, -0.05) is 0 Å². The largest absolute Gasteiger partial charge is 0.461 e. The lowest BCUT2D eigenvalue weighted by molar-refractivity contribution is -0.658. The summed E-state index contributed by atoms with van der Waals surface area (Å²) in [5.74, 6) is -1.00. The molecule has 0 spiro atoms. The van der Waals surface area contributed by atoms with Gasteiger partial charge in [0.05, 0.1) is 0 Å². The van der Waals surface area contributed by atoms with Crippen LogP contribution >= 0.6 is 0 Å². The zero-order valence-electron chi connectivity index (χ0n) is 10.9. The Balaban J connectivity index is 4.34. The van der Waals surface area contributed by atoms with E-state index >= 15 is 0 Å². The number of ether oxygens (including phenoxy) is 2. The third-order valence-corrected chi connectivity index (χ3v) is 1.90. The van der Waals surface area contributed by atoms with Gasteiger partial charge >= 0.3 is 11.9 Å². The summed E-state index contributed by atoms with van der Waals surface area (Å²) in [6, 6.07) is 0. The molecule has 104 valence electrons. The van der Waals surface area contributed by atoms with E-state index in [0.717, 1.165) is 5.01 Å². The highest BCUT2D eigenvalue weighted by Gasteiger charge is 2.23. The minimum absolute atomic E-state index is 0.0712. The lowest BCUT2D eigenvalue weighted by Crippen LogP contribution is -2.42. The predicted molar refractivity (Wildman–Crippen MR) is 61.0 cm³/mol. The number of nitro groups is 1. The van der Waals surface area contributed by atoms with Crippen LogP contribution in [0.3, 0.4) is 0 Å². The van der Waals surface area contributed by atoms with E-state index in [9.17, 15) is 19.7 Å². The van der Waals surface area contributed by atoms with Crippen LogP contribution in [-0.4, -0.2) is 47.3 Å². The topological polar surface area (TPSA) is 99.0 Å². The third-order valence-electron chi connectivity index (χ3n) is 1.90. The number of nitrogens with zero attached hydrogens (tertiary/aromatic N) is 2. The molecule has 0 rings (SSSR count). The molecule has 0 bridgehead atoms. The standard InChI is InChI=1S/C10H18N2O6/c1-7(17-9(3)13)5-11(12(15)16)6-8(2)18-10(4)14/h7-8H,5-6H2,1-4H3. The van der Waals surface area contributed by atoms with Gasteiger partial charge in [-0.2, -0.15) is 0 Å². The van der Waals surface area contributed by atoms with E-state index in [0.29, 0.717) is 0 Å². The second-order valence-electron chi connectivity index (χ2n) is 3.95. The lowest BCUT2D eigenvalue weighted by Gasteiger charge is -2.21. The molecule has 0 N–H and O–H groups in total. The van der Waals surface area contributed by atoms with Crippen molar-refractivity contribution in [2.45, 2.75) is 39.9 Å². The molecule has 18 heavy (non-hydrogen) atoms. The maximum atomic E-state index is 10.8. The zero-order chi connectivity index (χ0) is 14.3. The normalized spacial score (nSPS) is 13.3. The van der Waals surface area contributed by atoms with Crippen molar-refractivity contribution >= 4 is 11.9 Å². The summed E-state index contributed by atoms with van der Waals surface area (Å²) in [4.78, 5) is 32.2. The van der Waals surface area contributed by atoms with Crippen LogP contribution in [0.1, 0.15) is 27.7 Å². The van der Waals surface area contributed by atoms with Gasteiger partial charge in [-0.25, -0.2) is 10.1 Å². The van der Waals surface area contributed by atoms with Crippen molar-refractivity contribution in [1.82, 2.24) is 5.01 Å². The first-order chi connectivity index (χ1) is 8.22. The zero-order valence-corrected chi connectivity index (χ0v) is 10.9. The summed E-state index contributed by atoms with van der Waals surface area (Å²) in [6.07, 6.45) is -1.23. The van der Waals surface area contributed by atoms with Crippen LogP contribution in [0.2, 0.25) is 0 Å². The van der Waals surface area contributed by atoms with E-state index in [1.165, 1.54) is 13.8 Å². The summed E-state index contributed by atoms with van der Waals surface area (Å²) in [5, 5.41) is 11.0. The van der Waals surface area contributed by atoms with E-state index < -0.39 is 29.2 Å². The number of hydrogen-bond acceptors (Lipinski definition) is 6. The molecule has 0 aliphatic rings. The highest BCUT2D eigenvalue weighted by atomic mass is 16.7. The van der Waals surface area contributed by atoms with Gasteiger partial charge in [-0.3, -0.25) is 9.59 Å². The Hall–Kier alpha value is -1.86. The molecule has 0 aliphatic carbocycles. The molecular weight excluding hydrogens is 244 g/mol. The SMILES string of the molecule is CC(=O)OC(C)CN(CC(C)OC(C)=O)[N+](=O)[O-]. The molecule has 8 heteroatoms. The van der Waals surface area contributed by atoms with E-state index in [4.69, 9.17) is 9.47 Å². The van der Waals surface area contributed by atoms with Crippen molar-refractivity contribution < 1.29 is 24.1 Å². The summed E-state index contributed by atoms with van der Waals surface area (Å²) >= 11 is 0. The van der Waals surface area contributed by atoms with E-state index in [-0.39, 0.29) is 13.1 Å². The van der Waals surface area contributed by atoms with Crippen molar-refractivity contribution in [2.24, 2.45) is 0 Å². The molecule has 0 aliphatic heterocycles. The quantitative estimate of drug-likeness (QED) is 0.371. The molecule has 0 aromatic heterocycles. The first-order valence-electron chi connectivity index (χ1n) is 5.46. The molecule has 0 aromatic carbocycles. The van der Waals surface area contributed by atoms with Crippen molar-refractivity contribution in [1.29, 1.82) is 0 Å². The fourth-order valence-corrected chi connectivity index (χ4v) is 1.44. The minimum Gasteiger partial charge on any atom is -0.461 e. The van der Waals surface area contributed by atoms with Gasteiger partial charge in [0.25, 0.3) is 0 Å². The Morgan fingerprint density at radius 1 is 1.11 bits per heavy atom. The molecule has 2 atom stereocenters. The smallest absolute Gasteiger partial charge is 0.302 e. The van der Waals surface area contributed by atoms with Crippen molar-refractivity contribution in [3.63, 3.8) is 0 Å². The fraction of sp³-hybridized carbons (Fsp3) is 0.800. The second kappa shape index (κ2) is 7.46. The summed E-state index contributed by atoms with van der Waals surface area (Å²) in [7, 11) is 0. The van der Waals surface area contributed by atoms with E-state index in [1.807, 2.05) is 0 Å². The Morgan fingerprint density at radius 2 is 1.44 bits per heavy atom. The number of hydrazine groups is 1. The monoisotopic (exact) mass is 262 g/mol. The van der Waals surface area contributed by atoms with Gasteiger partial charge in [0.1, 0.15) is 25.3 Å². The van der Waals surface area contributed by atoms with E-state index in [2.05, 4.69) is 0 Å². The molecule has 0 fully saturated rings. The number of carbonyl (C=O) groups is 2. The van der Waals surface area contributed by atoms with Gasteiger partial charge in [-0.05, 0) is 13.8 Å². The van der Waals surface area contributed by atoms with Crippen molar-refractivity contribution in [3.05, 3.63) is 10.1 Å². The Kier molecular flexibility index (Phi) is 6.69. The van der Waals surface area contributed by atoms with Crippen LogP contribution in [0.5, 0.6) is 0 Å². The summed E-state index contributed by atoms with van der Waals surface area (Å²) in [5.41, 5.74) is 0. The predicted octanol–water partition coefficient (Wildman–Crippen LogP) is 0.383. The molecular formula is C10H18N2O6. The Morgan fingerprint density at radius 3 is 1.67 bits per heavy atom. The second-order valence-corrected chi connectivity index (χ2v) is 3.95. The highest BCUT2D eigenvalue weighted by molar-refractivity contribution is 5.66. The van der Waals surface area contributed by atoms with Crippen LogP contribution in [0.25, 0.3) is 0 Å². The average Bonchev–Trinajstić information content (AvgIpc) is 2.13. The number of esters is 2. The molecule has 0 radical (unpaired) electrons. The van der Waals surface area contributed by atoms with Crippen LogP contribution in [0, 0.1) is 10.1 Å². The van der Waals surface area contributed by atoms with Gasteiger partial charge in [0.15, 0.2) is 5.03 Å². The summed E-state index contributed by atoms with van der Waals surface area (Å²) < 4.78 is 9.60. The maximum absolute atomic E-state index is 10.8. The molecule has 0 saturated carbocycles. The molecule has 0 heterocycles. The fourth-order valence-electron chi connectivity index (χ4n) is 1.44. The highest BCUT2D eigenvalue weighted by Crippen LogP contribution is 2.02. The number of carbonyl (C=O) groups excluding carboxylic acids is 2. The van der Waals surface area contributed by atoms with Crippen molar-refractivity contribution in [2.75, 3.05) is 13.1 Å². The maximum Gasteiger partial charge on any atom is 0.302 e. The van der Waals surface area contributed by atoms with E-state index in [1.54, 1.807) is 13.8 Å². The van der Waals surface area contributed by atoms with Gasteiger partial charge < -0.3 is 9.47 Å². The molecule has 0 saturated heterocycles. The van der Waals surface area contributed by atoms with Crippen LogP contribution in [0.4, 0.5) is 0 Å². The van der Waals surface area contributed by atoms with Crippen molar-refractivity contribution in [3.8, 4) is 0 Å². The van der Waals surface area contributed by atoms with Crippen LogP contribution in [-0.2, 0) is 19.1 Å². The minimum atomic E-state index is -0.613. The Labute approximate surface area is 105 Å². The Bertz CT molecular complexity index is 295. The number of rotatable bonds is 7. The van der Waals surface area contributed by atoms with Crippen LogP contribution < -0.4 is 0 Å². The molecule has 8 nitrogen and oxygen atoms in total. The van der Waals surface area contributed by atoms with Gasteiger partial charge in [0.2, 0.25) is 0 Å². The average molecular weight is 262 g/mol. The first-order valence-corrected chi connectivity index (χ1v) is 5.46. The number of hydrogen-bond donors (Lipinski definition) is 0. The lowest BCUT2D eigenvalue weighted by atomic mass is 10.3. The third kappa shape index (κ3) is 7.42. The molecule has 0 amide bonds. The molecule has 0 aromatic rings. The van der Waals surface area contributed by atoms with Gasteiger partial charge in [0, 0.05) is 13.8 Å². The molecule has 2 unspecified atom stereocenters. The first kappa shape index (κ1) is 16.1. The summed E-state index contributed by atoms with van der Waals surface area (Å²) in [6.45, 7) is 5.42. The van der Waals surface area contributed by atoms with Gasteiger partial charge in [-0.15, -0.1) is 5.01 Å². The van der Waals surface area contributed by atoms with Crippen LogP contribution in [0.15, 0.2) is 0 Å².